The molecule has 0 aromatic heterocycles. The predicted molar refractivity (Wildman–Crippen MR) is 77.9 cm³/mol. The van der Waals surface area contributed by atoms with Crippen molar-refractivity contribution in [2.45, 2.75) is 32.7 Å². The molecule has 1 aromatic rings. The van der Waals surface area contributed by atoms with E-state index in [1.54, 1.807) is 24.3 Å². The second kappa shape index (κ2) is 7.05. The van der Waals surface area contributed by atoms with Gasteiger partial charge in [0.1, 0.15) is 0 Å². The third-order valence-corrected chi connectivity index (χ3v) is 3.09. The van der Waals surface area contributed by atoms with Crippen molar-refractivity contribution in [3.63, 3.8) is 0 Å². The van der Waals surface area contributed by atoms with Crippen molar-refractivity contribution < 1.29 is 14.7 Å². The van der Waals surface area contributed by atoms with E-state index in [1.165, 1.54) is 0 Å². The predicted octanol–water partition coefficient (Wildman–Crippen LogP) is 1.43. The number of hydrogen-bond donors (Lipinski definition) is 3. The van der Waals surface area contributed by atoms with Crippen LogP contribution in [0.5, 0.6) is 0 Å². The smallest absolute Gasteiger partial charge is 0.335 e. The van der Waals surface area contributed by atoms with Gasteiger partial charge < -0.3 is 15.7 Å². The Bertz CT molecular complexity index is 467. The van der Waals surface area contributed by atoms with Crippen LogP contribution in [0.15, 0.2) is 24.3 Å². The van der Waals surface area contributed by atoms with Gasteiger partial charge in [0.2, 0.25) is 5.91 Å². The maximum Gasteiger partial charge on any atom is 0.335 e. The molecule has 0 heterocycles. The molecule has 1 amide bonds. The topological polar surface area (TPSA) is 78.4 Å². The lowest BCUT2D eigenvalue weighted by Gasteiger charge is -2.24. The van der Waals surface area contributed by atoms with Gasteiger partial charge in [0.15, 0.2) is 0 Å². The zero-order valence-corrected chi connectivity index (χ0v) is 12.2. The fraction of sp³-hybridized carbons (Fsp3) is 0.467. The molecule has 0 bridgehead atoms. The van der Waals surface area contributed by atoms with Gasteiger partial charge in [0, 0.05) is 6.54 Å². The van der Waals surface area contributed by atoms with Gasteiger partial charge in [-0.1, -0.05) is 19.1 Å². The second-order valence-electron chi connectivity index (χ2n) is 5.16. The summed E-state index contributed by atoms with van der Waals surface area (Å²) < 4.78 is 0. The number of aromatic carboxylic acids is 1. The second-order valence-corrected chi connectivity index (χ2v) is 5.16. The summed E-state index contributed by atoms with van der Waals surface area (Å²) in [6.45, 7) is 6.90. The number of rotatable bonds is 7. The molecular formula is C15H22N2O3. The lowest BCUT2D eigenvalue weighted by molar-refractivity contribution is -0.126. The fourth-order valence-electron chi connectivity index (χ4n) is 1.88. The summed E-state index contributed by atoms with van der Waals surface area (Å²) in [6, 6.07) is 6.68. The molecule has 0 fully saturated rings. The summed E-state index contributed by atoms with van der Waals surface area (Å²) in [4.78, 5) is 22.7. The van der Waals surface area contributed by atoms with Crippen molar-refractivity contribution >= 4 is 11.9 Å². The minimum atomic E-state index is -0.933. The number of amides is 1. The molecule has 5 nitrogen and oxygen atoms in total. The number of carboxylic acids is 1. The van der Waals surface area contributed by atoms with Crippen LogP contribution in [0.3, 0.4) is 0 Å². The molecule has 0 radical (unpaired) electrons. The highest BCUT2D eigenvalue weighted by atomic mass is 16.4. The number of hydrogen-bond acceptors (Lipinski definition) is 3. The summed E-state index contributed by atoms with van der Waals surface area (Å²) in [5, 5.41) is 14.8. The summed E-state index contributed by atoms with van der Waals surface area (Å²) in [6.07, 6.45) is 0.674. The molecule has 0 saturated carbocycles. The Labute approximate surface area is 119 Å². The number of benzene rings is 1. The molecule has 1 rings (SSSR count). The summed E-state index contributed by atoms with van der Waals surface area (Å²) in [7, 11) is 0. The zero-order valence-electron chi connectivity index (χ0n) is 12.2. The molecule has 0 atom stereocenters. The highest BCUT2D eigenvalue weighted by molar-refractivity contribution is 5.87. The average Bonchev–Trinajstić information content (AvgIpc) is 2.39. The van der Waals surface area contributed by atoms with Crippen LogP contribution in [0.2, 0.25) is 0 Å². The van der Waals surface area contributed by atoms with E-state index in [4.69, 9.17) is 5.11 Å². The quantitative estimate of drug-likeness (QED) is 0.705. The van der Waals surface area contributed by atoms with Crippen LogP contribution in [0.4, 0.5) is 0 Å². The van der Waals surface area contributed by atoms with Gasteiger partial charge in [-0.15, -0.1) is 0 Å². The lowest BCUT2D eigenvalue weighted by Crippen LogP contribution is -2.52. The third kappa shape index (κ3) is 4.66. The maximum atomic E-state index is 11.9. The molecule has 0 aliphatic heterocycles. The molecule has 0 unspecified atom stereocenters. The largest absolute Gasteiger partial charge is 0.478 e. The first kappa shape index (κ1) is 16.2. The number of carbonyl (C=O) groups excluding carboxylic acids is 1. The van der Waals surface area contributed by atoms with Crippen molar-refractivity contribution in [2.75, 3.05) is 13.1 Å². The highest BCUT2D eigenvalue weighted by Crippen LogP contribution is 2.05. The number of nitrogens with one attached hydrogen (secondary N) is 2. The molecule has 3 N–H and O–H groups in total. The van der Waals surface area contributed by atoms with Crippen LogP contribution in [0, 0.1) is 0 Å². The Morgan fingerprint density at radius 2 is 1.80 bits per heavy atom. The number of likely N-dealkylation sites (N-methyl/N-ethyl adjacent to an activating group) is 1. The van der Waals surface area contributed by atoms with Crippen molar-refractivity contribution in [3.8, 4) is 0 Å². The standard InChI is InChI=1S/C15H22N2O3/c1-4-17-15(2,3)14(20)16-10-9-11-5-7-12(8-6-11)13(18)19/h5-8,17H,4,9-10H2,1-3H3,(H,16,20)(H,18,19). The minimum Gasteiger partial charge on any atom is -0.478 e. The summed E-state index contributed by atoms with van der Waals surface area (Å²) >= 11 is 0. The Hall–Kier alpha value is -1.88. The zero-order chi connectivity index (χ0) is 15.2. The Balaban J connectivity index is 2.44. The molecule has 0 saturated heterocycles. The molecule has 5 heteroatoms. The molecule has 0 aliphatic rings. The molecule has 1 aromatic carbocycles. The van der Waals surface area contributed by atoms with Crippen LogP contribution in [0.25, 0.3) is 0 Å². The Morgan fingerprint density at radius 3 is 2.30 bits per heavy atom. The van der Waals surface area contributed by atoms with Crippen LogP contribution >= 0.6 is 0 Å². The SMILES string of the molecule is CCNC(C)(C)C(=O)NCCc1ccc(C(=O)O)cc1. The van der Waals surface area contributed by atoms with Gasteiger partial charge >= 0.3 is 5.97 Å². The maximum absolute atomic E-state index is 11.9. The monoisotopic (exact) mass is 278 g/mol. The van der Waals surface area contributed by atoms with Gasteiger partial charge in [-0.05, 0) is 44.5 Å². The first-order valence-electron chi connectivity index (χ1n) is 6.72. The summed E-state index contributed by atoms with van der Waals surface area (Å²) in [5.41, 5.74) is 0.685. The minimum absolute atomic E-state index is 0.0403. The van der Waals surface area contributed by atoms with E-state index >= 15 is 0 Å². The Kier molecular flexibility index (Phi) is 5.70. The van der Waals surface area contributed by atoms with Crippen molar-refractivity contribution in [1.29, 1.82) is 0 Å². The van der Waals surface area contributed by atoms with Gasteiger partial charge in [-0.25, -0.2) is 4.79 Å². The lowest BCUT2D eigenvalue weighted by atomic mass is 10.0. The van der Waals surface area contributed by atoms with E-state index in [2.05, 4.69) is 10.6 Å². The van der Waals surface area contributed by atoms with E-state index in [-0.39, 0.29) is 11.5 Å². The number of carboxylic acid groups (broad SMARTS) is 1. The van der Waals surface area contributed by atoms with Crippen LogP contribution in [-0.4, -0.2) is 35.6 Å². The molecule has 0 aliphatic carbocycles. The van der Waals surface area contributed by atoms with E-state index in [0.717, 1.165) is 12.1 Å². The van der Waals surface area contributed by atoms with Crippen LogP contribution in [-0.2, 0) is 11.2 Å². The van der Waals surface area contributed by atoms with Crippen molar-refractivity contribution in [2.24, 2.45) is 0 Å². The third-order valence-electron chi connectivity index (χ3n) is 3.09. The van der Waals surface area contributed by atoms with Crippen molar-refractivity contribution in [3.05, 3.63) is 35.4 Å². The van der Waals surface area contributed by atoms with E-state index in [0.29, 0.717) is 13.0 Å². The molecule has 20 heavy (non-hydrogen) atoms. The van der Waals surface area contributed by atoms with E-state index < -0.39 is 11.5 Å². The van der Waals surface area contributed by atoms with E-state index in [9.17, 15) is 9.59 Å². The summed E-state index contributed by atoms with van der Waals surface area (Å²) in [5.74, 6) is -0.973. The molecule has 110 valence electrons. The normalized spacial score (nSPS) is 11.2. The fourth-order valence-corrected chi connectivity index (χ4v) is 1.88. The number of carbonyl (C=O) groups is 2. The van der Waals surface area contributed by atoms with Gasteiger partial charge in [-0.2, -0.15) is 0 Å². The average molecular weight is 278 g/mol. The van der Waals surface area contributed by atoms with Gasteiger partial charge in [-0.3, -0.25) is 4.79 Å². The Morgan fingerprint density at radius 1 is 1.20 bits per heavy atom. The molecular weight excluding hydrogens is 256 g/mol. The van der Waals surface area contributed by atoms with Gasteiger partial charge in [0.05, 0.1) is 11.1 Å². The first-order valence-corrected chi connectivity index (χ1v) is 6.72. The first-order chi connectivity index (χ1) is 9.36. The van der Waals surface area contributed by atoms with Crippen LogP contribution in [0.1, 0.15) is 36.7 Å². The van der Waals surface area contributed by atoms with Crippen LogP contribution < -0.4 is 10.6 Å². The van der Waals surface area contributed by atoms with E-state index in [1.807, 2.05) is 20.8 Å². The van der Waals surface area contributed by atoms with Gasteiger partial charge in [0.25, 0.3) is 0 Å². The highest BCUT2D eigenvalue weighted by Gasteiger charge is 2.25. The molecule has 0 spiro atoms. The van der Waals surface area contributed by atoms with Crippen molar-refractivity contribution in [1.82, 2.24) is 10.6 Å².